The Labute approximate surface area is 97.6 Å². The fourth-order valence-corrected chi connectivity index (χ4v) is 1.35. The van der Waals surface area contributed by atoms with Gasteiger partial charge in [0.15, 0.2) is 5.82 Å². The van der Waals surface area contributed by atoms with E-state index in [9.17, 15) is 0 Å². The lowest BCUT2D eigenvalue weighted by atomic mass is 10.3. The lowest BCUT2D eigenvalue weighted by Crippen LogP contribution is -2.11. The van der Waals surface area contributed by atoms with Crippen molar-refractivity contribution in [1.82, 2.24) is 10.2 Å². The maximum absolute atomic E-state index is 5.79. The lowest BCUT2D eigenvalue weighted by Gasteiger charge is -2.09. The Balaban J connectivity index is 2.23. The molecule has 2 aromatic rings. The van der Waals surface area contributed by atoms with E-state index in [2.05, 4.69) is 20.9 Å². The average Bonchev–Trinajstić information content (AvgIpc) is 2.33. The van der Waals surface area contributed by atoms with Crippen LogP contribution < -0.4 is 16.6 Å². The molecule has 4 N–H and O–H groups in total. The van der Waals surface area contributed by atoms with Crippen molar-refractivity contribution in [3.8, 4) is 0 Å². The number of halogens is 1. The van der Waals surface area contributed by atoms with Gasteiger partial charge >= 0.3 is 0 Å². The van der Waals surface area contributed by atoms with Crippen LogP contribution in [0.15, 0.2) is 36.5 Å². The number of nitrogens with zero attached hydrogens (tertiary/aromatic N) is 2. The van der Waals surface area contributed by atoms with Crippen LogP contribution >= 0.6 is 11.6 Å². The molecular formula is C10H10ClN5. The van der Waals surface area contributed by atoms with E-state index in [0.717, 1.165) is 11.4 Å². The van der Waals surface area contributed by atoms with Gasteiger partial charge < -0.3 is 10.7 Å². The van der Waals surface area contributed by atoms with Gasteiger partial charge in [0.25, 0.3) is 0 Å². The van der Waals surface area contributed by atoms with Crippen molar-refractivity contribution >= 4 is 28.8 Å². The van der Waals surface area contributed by atoms with Gasteiger partial charge in [-0.05, 0) is 30.3 Å². The molecule has 0 saturated heterocycles. The van der Waals surface area contributed by atoms with E-state index in [0.29, 0.717) is 10.8 Å². The molecule has 82 valence electrons. The van der Waals surface area contributed by atoms with Crippen molar-refractivity contribution in [3.05, 3.63) is 41.6 Å². The van der Waals surface area contributed by atoms with Crippen LogP contribution in [-0.2, 0) is 0 Å². The molecule has 0 aliphatic carbocycles. The number of nitrogen functional groups attached to an aromatic ring is 1. The summed E-state index contributed by atoms with van der Waals surface area (Å²) >= 11 is 5.79. The van der Waals surface area contributed by atoms with Gasteiger partial charge in [0, 0.05) is 10.7 Å². The second-order valence-electron chi connectivity index (χ2n) is 3.07. The van der Waals surface area contributed by atoms with Crippen molar-refractivity contribution in [2.45, 2.75) is 0 Å². The molecule has 16 heavy (non-hydrogen) atoms. The molecule has 6 heteroatoms. The number of hydrogen-bond acceptors (Lipinski definition) is 5. The highest BCUT2D eigenvalue weighted by Gasteiger charge is 2.02. The third kappa shape index (κ3) is 2.39. The summed E-state index contributed by atoms with van der Waals surface area (Å²) in [5, 5.41) is 11.4. The quantitative estimate of drug-likeness (QED) is 0.562. The first-order valence-electron chi connectivity index (χ1n) is 4.60. The number of anilines is 3. The Morgan fingerprint density at radius 3 is 2.56 bits per heavy atom. The third-order valence-electron chi connectivity index (χ3n) is 1.98. The van der Waals surface area contributed by atoms with Crippen molar-refractivity contribution in [2.75, 3.05) is 10.7 Å². The predicted molar refractivity (Wildman–Crippen MR) is 64.6 cm³/mol. The molecule has 0 radical (unpaired) electrons. The summed E-state index contributed by atoms with van der Waals surface area (Å²) < 4.78 is 0. The molecule has 5 nitrogen and oxygen atoms in total. The molecule has 0 unspecified atom stereocenters. The number of rotatable bonds is 3. The van der Waals surface area contributed by atoms with Crippen LogP contribution in [0.5, 0.6) is 0 Å². The minimum absolute atomic E-state index is 0.484. The van der Waals surface area contributed by atoms with E-state index in [1.54, 1.807) is 24.4 Å². The van der Waals surface area contributed by atoms with Gasteiger partial charge in [-0.1, -0.05) is 11.6 Å². The molecule has 0 saturated carbocycles. The Morgan fingerprint density at radius 1 is 1.12 bits per heavy atom. The van der Waals surface area contributed by atoms with E-state index < -0.39 is 0 Å². The van der Waals surface area contributed by atoms with E-state index in [4.69, 9.17) is 17.4 Å². The highest BCUT2D eigenvalue weighted by molar-refractivity contribution is 6.30. The molecular weight excluding hydrogens is 226 g/mol. The average molecular weight is 236 g/mol. The van der Waals surface area contributed by atoms with E-state index in [1.165, 1.54) is 0 Å². The first kappa shape index (κ1) is 10.7. The maximum Gasteiger partial charge on any atom is 0.186 e. The molecule has 2 rings (SSSR count). The topological polar surface area (TPSA) is 75.9 Å². The monoisotopic (exact) mass is 235 g/mol. The number of aromatic nitrogens is 2. The summed E-state index contributed by atoms with van der Waals surface area (Å²) in [6.07, 6.45) is 1.58. The number of nitrogens with two attached hydrogens (primary N) is 1. The minimum atomic E-state index is 0.484. The molecule has 0 aliphatic rings. The molecule has 0 atom stereocenters. The van der Waals surface area contributed by atoms with Crippen LogP contribution in [0, 0.1) is 0 Å². The van der Waals surface area contributed by atoms with Crippen LogP contribution in [0.3, 0.4) is 0 Å². The van der Waals surface area contributed by atoms with Crippen LogP contribution in [0.4, 0.5) is 17.2 Å². The molecule has 0 fully saturated rings. The van der Waals surface area contributed by atoms with Gasteiger partial charge in [-0.2, -0.15) is 5.10 Å². The van der Waals surface area contributed by atoms with Crippen LogP contribution in [-0.4, -0.2) is 10.2 Å². The normalized spacial score (nSPS) is 9.88. The molecule has 0 aliphatic heterocycles. The smallest absolute Gasteiger partial charge is 0.186 e. The van der Waals surface area contributed by atoms with Crippen molar-refractivity contribution in [1.29, 1.82) is 0 Å². The number of hydrogen-bond donors (Lipinski definition) is 3. The third-order valence-corrected chi connectivity index (χ3v) is 2.23. The zero-order valence-corrected chi connectivity index (χ0v) is 9.07. The van der Waals surface area contributed by atoms with Gasteiger partial charge in [0.1, 0.15) is 0 Å². The first-order valence-corrected chi connectivity index (χ1v) is 4.98. The van der Waals surface area contributed by atoms with Crippen LogP contribution in [0.1, 0.15) is 0 Å². The Bertz CT molecular complexity index is 471. The van der Waals surface area contributed by atoms with E-state index in [1.807, 2.05) is 12.1 Å². The highest BCUT2D eigenvalue weighted by atomic mass is 35.5. The molecule has 0 spiro atoms. The van der Waals surface area contributed by atoms with Gasteiger partial charge in [-0.15, -0.1) is 5.10 Å². The fourth-order valence-electron chi connectivity index (χ4n) is 1.23. The van der Waals surface area contributed by atoms with Crippen molar-refractivity contribution < 1.29 is 0 Å². The van der Waals surface area contributed by atoms with Gasteiger partial charge in [-0.25, -0.2) is 5.84 Å². The summed E-state index contributed by atoms with van der Waals surface area (Å²) in [7, 11) is 0. The zero-order valence-electron chi connectivity index (χ0n) is 8.31. The standard InChI is InChI=1S/C10H10ClN5/c11-7-1-3-8(4-2-7)14-9-5-6-13-16-10(9)15-12/h1-6H,12H2,(H,13,14)(H,15,16). The summed E-state index contributed by atoms with van der Waals surface area (Å²) in [5.41, 5.74) is 4.11. The van der Waals surface area contributed by atoms with Gasteiger partial charge in [-0.3, -0.25) is 0 Å². The first-order chi connectivity index (χ1) is 7.79. The largest absolute Gasteiger partial charge is 0.352 e. The van der Waals surface area contributed by atoms with Gasteiger partial charge in [0.05, 0.1) is 11.9 Å². The summed E-state index contributed by atoms with van der Waals surface area (Å²) in [6, 6.07) is 9.10. The minimum Gasteiger partial charge on any atom is -0.352 e. The maximum atomic E-state index is 5.79. The summed E-state index contributed by atoms with van der Waals surface area (Å²) in [5.74, 6) is 5.80. The molecule has 0 amide bonds. The Hall–Kier alpha value is -1.85. The van der Waals surface area contributed by atoms with Crippen LogP contribution in [0.2, 0.25) is 5.02 Å². The predicted octanol–water partition coefficient (Wildman–Crippen LogP) is 2.16. The van der Waals surface area contributed by atoms with Gasteiger partial charge in [0.2, 0.25) is 0 Å². The fraction of sp³-hybridized carbons (Fsp3) is 0. The SMILES string of the molecule is NNc1nnccc1Nc1ccc(Cl)cc1. The Morgan fingerprint density at radius 2 is 1.88 bits per heavy atom. The number of nitrogens with one attached hydrogen (secondary N) is 2. The summed E-state index contributed by atoms with van der Waals surface area (Å²) in [6.45, 7) is 0. The molecule has 1 aromatic heterocycles. The molecule has 1 heterocycles. The Kier molecular flexibility index (Phi) is 3.19. The zero-order chi connectivity index (χ0) is 11.4. The van der Waals surface area contributed by atoms with E-state index in [-0.39, 0.29) is 0 Å². The molecule has 0 bridgehead atoms. The van der Waals surface area contributed by atoms with Crippen molar-refractivity contribution in [3.63, 3.8) is 0 Å². The summed E-state index contributed by atoms with van der Waals surface area (Å²) in [4.78, 5) is 0. The second-order valence-corrected chi connectivity index (χ2v) is 3.51. The second kappa shape index (κ2) is 4.78. The lowest BCUT2D eigenvalue weighted by molar-refractivity contribution is 1.02. The van der Waals surface area contributed by atoms with Crippen molar-refractivity contribution in [2.24, 2.45) is 5.84 Å². The van der Waals surface area contributed by atoms with Crippen LogP contribution in [0.25, 0.3) is 0 Å². The molecule has 1 aromatic carbocycles. The highest BCUT2D eigenvalue weighted by Crippen LogP contribution is 2.22. The van der Waals surface area contributed by atoms with E-state index >= 15 is 0 Å². The number of benzene rings is 1. The number of hydrazine groups is 1.